The van der Waals surface area contributed by atoms with Crippen molar-refractivity contribution in [3.8, 4) is 0 Å². The number of allylic oxidation sites excluding steroid dienone is 1. The molecule has 1 aromatic rings. The van der Waals surface area contributed by atoms with E-state index < -0.39 is 0 Å². The van der Waals surface area contributed by atoms with E-state index in [-0.39, 0.29) is 0 Å². The molecule has 2 rings (SSSR count). The van der Waals surface area contributed by atoms with Crippen LogP contribution in [0.25, 0.3) is 5.57 Å². The standard InChI is InChI=1S/C13H14O2/c1-15-9-13-11(6-7-14)8-10-4-2-3-5-12(10)13/h2-5,7,9,11H,6,8H2,1H3/b13-9+. The molecule has 0 bridgehead atoms. The normalized spacial score (nSPS) is 21.4. The summed E-state index contributed by atoms with van der Waals surface area (Å²) in [6.45, 7) is 0. The van der Waals surface area contributed by atoms with Gasteiger partial charge in [-0.2, -0.15) is 0 Å². The number of fused-ring (bicyclic) bond motifs is 1. The molecule has 2 nitrogen and oxygen atoms in total. The summed E-state index contributed by atoms with van der Waals surface area (Å²) in [4.78, 5) is 10.6. The van der Waals surface area contributed by atoms with Crippen molar-refractivity contribution in [3.05, 3.63) is 41.7 Å². The Morgan fingerprint density at radius 3 is 3.00 bits per heavy atom. The van der Waals surface area contributed by atoms with Gasteiger partial charge < -0.3 is 9.53 Å². The lowest BCUT2D eigenvalue weighted by molar-refractivity contribution is -0.108. The first-order chi connectivity index (χ1) is 7.36. The Labute approximate surface area is 89.6 Å². The molecule has 15 heavy (non-hydrogen) atoms. The predicted molar refractivity (Wildman–Crippen MR) is 59.3 cm³/mol. The summed E-state index contributed by atoms with van der Waals surface area (Å²) in [6.07, 6.45) is 4.27. The van der Waals surface area contributed by atoms with Gasteiger partial charge in [0.1, 0.15) is 6.29 Å². The van der Waals surface area contributed by atoms with Crippen molar-refractivity contribution in [1.29, 1.82) is 0 Å². The van der Waals surface area contributed by atoms with Gasteiger partial charge in [0.15, 0.2) is 0 Å². The van der Waals surface area contributed by atoms with Gasteiger partial charge in [0.2, 0.25) is 0 Å². The van der Waals surface area contributed by atoms with Gasteiger partial charge in [0, 0.05) is 6.42 Å². The molecular weight excluding hydrogens is 188 g/mol. The van der Waals surface area contributed by atoms with Crippen LogP contribution in [0.3, 0.4) is 0 Å². The molecule has 0 saturated carbocycles. The Hall–Kier alpha value is -1.57. The highest BCUT2D eigenvalue weighted by Crippen LogP contribution is 2.38. The Morgan fingerprint density at radius 1 is 1.47 bits per heavy atom. The maximum Gasteiger partial charge on any atom is 0.120 e. The Bertz CT molecular complexity index is 393. The van der Waals surface area contributed by atoms with Gasteiger partial charge in [-0.3, -0.25) is 0 Å². The molecule has 0 radical (unpaired) electrons. The molecule has 0 fully saturated rings. The Kier molecular flexibility index (Phi) is 2.86. The summed E-state index contributed by atoms with van der Waals surface area (Å²) in [5.74, 6) is 0.292. The van der Waals surface area contributed by atoms with Crippen LogP contribution in [0.1, 0.15) is 17.5 Å². The van der Waals surface area contributed by atoms with Crippen molar-refractivity contribution in [2.24, 2.45) is 5.92 Å². The van der Waals surface area contributed by atoms with E-state index in [1.54, 1.807) is 13.4 Å². The third-order valence-electron chi connectivity index (χ3n) is 2.86. The summed E-state index contributed by atoms with van der Waals surface area (Å²) < 4.78 is 5.08. The third kappa shape index (κ3) is 1.80. The summed E-state index contributed by atoms with van der Waals surface area (Å²) >= 11 is 0. The Balaban J connectivity index is 2.37. The largest absolute Gasteiger partial charge is 0.504 e. The number of carbonyl (C=O) groups excluding carboxylic acids is 1. The van der Waals surface area contributed by atoms with Crippen LogP contribution in [-0.4, -0.2) is 13.4 Å². The zero-order valence-corrected chi connectivity index (χ0v) is 8.77. The number of benzene rings is 1. The molecule has 0 spiro atoms. The number of hydrogen-bond acceptors (Lipinski definition) is 2. The molecule has 78 valence electrons. The van der Waals surface area contributed by atoms with Crippen molar-refractivity contribution in [2.75, 3.05) is 7.11 Å². The minimum absolute atomic E-state index is 0.292. The molecule has 1 aliphatic rings. The van der Waals surface area contributed by atoms with Crippen LogP contribution in [0.4, 0.5) is 0 Å². The molecule has 0 heterocycles. The second-order valence-corrected chi connectivity index (χ2v) is 3.77. The van der Waals surface area contributed by atoms with E-state index in [4.69, 9.17) is 4.74 Å². The molecule has 0 aromatic heterocycles. The minimum Gasteiger partial charge on any atom is -0.504 e. The lowest BCUT2D eigenvalue weighted by Crippen LogP contribution is -1.99. The summed E-state index contributed by atoms with van der Waals surface area (Å²) in [5.41, 5.74) is 3.69. The van der Waals surface area contributed by atoms with Crippen molar-refractivity contribution in [2.45, 2.75) is 12.8 Å². The molecule has 0 amide bonds. The van der Waals surface area contributed by atoms with Crippen molar-refractivity contribution in [3.63, 3.8) is 0 Å². The van der Waals surface area contributed by atoms with Crippen molar-refractivity contribution >= 4 is 11.9 Å². The van der Waals surface area contributed by atoms with Gasteiger partial charge in [-0.25, -0.2) is 0 Å². The Morgan fingerprint density at radius 2 is 2.27 bits per heavy atom. The highest BCUT2D eigenvalue weighted by Gasteiger charge is 2.26. The summed E-state index contributed by atoms with van der Waals surface area (Å²) in [5, 5.41) is 0. The predicted octanol–water partition coefficient (Wildman–Crippen LogP) is 2.44. The van der Waals surface area contributed by atoms with Gasteiger partial charge in [0.25, 0.3) is 0 Å². The maximum absolute atomic E-state index is 10.6. The van der Waals surface area contributed by atoms with E-state index in [0.717, 1.165) is 18.3 Å². The van der Waals surface area contributed by atoms with Gasteiger partial charge in [-0.05, 0) is 29.0 Å². The number of rotatable bonds is 3. The second-order valence-electron chi connectivity index (χ2n) is 3.77. The first-order valence-electron chi connectivity index (χ1n) is 5.11. The topological polar surface area (TPSA) is 26.3 Å². The van der Waals surface area contributed by atoms with Gasteiger partial charge >= 0.3 is 0 Å². The average Bonchev–Trinajstić information content (AvgIpc) is 2.59. The summed E-state index contributed by atoms with van der Waals surface area (Å²) in [6, 6.07) is 8.26. The van der Waals surface area contributed by atoms with E-state index in [0.29, 0.717) is 12.3 Å². The van der Waals surface area contributed by atoms with Crippen molar-refractivity contribution in [1.82, 2.24) is 0 Å². The van der Waals surface area contributed by atoms with Crippen LogP contribution in [0.2, 0.25) is 0 Å². The van der Waals surface area contributed by atoms with Gasteiger partial charge in [-0.1, -0.05) is 24.3 Å². The van der Waals surface area contributed by atoms with Crippen LogP contribution in [0, 0.1) is 5.92 Å². The molecule has 0 N–H and O–H groups in total. The van der Waals surface area contributed by atoms with Crippen LogP contribution in [0.5, 0.6) is 0 Å². The fraction of sp³-hybridized carbons (Fsp3) is 0.308. The zero-order valence-electron chi connectivity index (χ0n) is 8.77. The third-order valence-corrected chi connectivity index (χ3v) is 2.86. The number of methoxy groups -OCH3 is 1. The molecular formula is C13H14O2. The fourth-order valence-electron chi connectivity index (χ4n) is 2.19. The van der Waals surface area contributed by atoms with E-state index in [2.05, 4.69) is 12.1 Å². The number of hydrogen-bond donors (Lipinski definition) is 0. The van der Waals surface area contributed by atoms with E-state index in [1.165, 1.54) is 11.1 Å². The highest BCUT2D eigenvalue weighted by molar-refractivity contribution is 5.75. The van der Waals surface area contributed by atoms with Crippen LogP contribution in [0.15, 0.2) is 30.5 Å². The van der Waals surface area contributed by atoms with E-state index in [1.807, 2.05) is 12.1 Å². The second kappa shape index (κ2) is 4.30. The smallest absolute Gasteiger partial charge is 0.120 e. The number of carbonyl (C=O) groups is 1. The molecule has 1 unspecified atom stereocenters. The van der Waals surface area contributed by atoms with E-state index in [9.17, 15) is 4.79 Å². The van der Waals surface area contributed by atoms with Gasteiger partial charge in [-0.15, -0.1) is 0 Å². The van der Waals surface area contributed by atoms with E-state index >= 15 is 0 Å². The van der Waals surface area contributed by atoms with Crippen LogP contribution in [-0.2, 0) is 16.0 Å². The summed E-state index contributed by atoms with van der Waals surface area (Å²) in [7, 11) is 1.64. The first kappa shape index (κ1) is 9.97. The molecule has 0 saturated heterocycles. The quantitative estimate of drug-likeness (QED) is 0.556. The lowest BCUT2D eigenvalue weighted by atomic mass is 9.98. The minimum atomic E-state index is 0.292. The molecule has 1 aromatic carbocycles. The SMILES string of the molecule is CO/C=C1/c2ccccc2CC1CC=O. The highest BCUT2D eigenvalue weighted by atomic mass is 16.5. The zero-order chi connectivity index (χ0) is 10.7. The number of aldehydes is 1. The molecule has 0 aliphatic heterocycles. The molecule has 2 heteroatoms. The first-order valence-corrected chi connectivity index (χ1v) is 5.11. The lowest BCUT2D eigenvalue weighted by Gasteiger charge is -2.07. The maximum atomic E-state index is 10.6. The molecule has 1 atom stereocenters. The van der Waals surface area contributed by atoms with Gasteiger partial charge in [0.05, 0.1) is 13.4 Å². The fourth-order valence-corrected chi connectivity index (χ4v) is 2.19. The van der Waals surface area contributed by atoms with Crippen LogP contribution >= 0.6 is 0 Å². The number of ether oxygens (including phenoxy) is 1. The monoisotopic (exact) mass is 202 g/mol. The van der Waals surface area contributed by atoms with Crippen LogP contribution < -0.4 is 0 Å². The molecule has 1 aliphatic carbocycles. The van der Waals surface area contributed by atoms with Crippen molar-refractivity contribution < 1.29 is 9.53 Å². The average molecular weight is 202 g/mol.